The van der Waals surface area contributed by atoms with Gasteiger partial charge in [0.05, 0.1) is 16.1 Å². The Balaban J connectivity index is 1.58. The number of carbonyl (C=O) groups is 1. The first-order chi connectivity index (χ1) is 13.5. The number of anilines is 1. The molecule has 3 rings (SSSR count). The molecule has 0 aliphatic rings. The number of para-hydroxylation sites is 2. The van der Waals surface area contributed by atoms with Crippen LogP contribution in [0, 0.1) is 17.0 Å². The molecule has 0 aliphatic heterocycles. The molecule has 28 heavy (non-hydrogen) atoms. The van der Waals surface area contributed by atoms with Crippen LogP contribution >= 0.6 is 0 Å². The number of aryl methyl sites for hydroxylation is 1. The third kappa shape index (κ3) is 4.73. The molecule has 0 fully saturated rings. The molecule has 0 saturated carbocycles. The Labute approximate surface area is 162 Å². The van der Waals surface area contributed by atoms with Gasteiger partial charge in [-0.25, -0.2) is 4.79 Å². The lowest BCUT2D eigenvalue weighted by molar-refractivity contribution is -0.385. The van der Waals surface area contributed by atoms with Crippen LogP contribution < -0.4 is 5.32 Å². The van der Waals surface area contributed by atoms with Crippen LogP contribution in [-0.2, 0) is 17.9 Å². The summed E-state index contributed by atoms with van der Waals surface area (Å²) < 4.78 is 5.23. The van der Waals surface area contributed by atoms with E-state index in [4.69, 9.17) is 4.74 Å². The fourth-order valence-corrected chi connectivity index (χ4v) is 2.76. The molecule has 0 unspecified atom stereocenters. The number of benzene rings is 3. The van der Waals surface area contributed by atoms with Crippen molar-refractivity contribution in [3.05, 3.63) is 105 Å². The highest BCUT2D eigenvalue weighted by Gasteiger charge is 2.15. The molecule has 0 atom stereocenters. The minimum atomic E-state index is -0.517. The Morgan fingerprint density at radius 1 is 1.00 bits per heavy atom. The summed E-state index contributed by atoms with van der Waals surface area (Å²) in [5.74, 6) is -0.517. The van der Waals surface area contributed by atoms with Crippen molar-refractivity contribution in [2.75, 3.05) is 5.32 Å². The lowest BCUT2D eigenvalue weighted by Crippen LogP contribution is -2.07. The quantitative estimate of drug-likeness (QED) is 0.361. The van der Waals surface area contributed by atoms with E-state index in [-0.39, 0.29) is 12.3 Å². The van der Waals surface area contributed by atoms with Gasteiger partial charge in [-0.05, 0) is 42.3 Å². The summed E-state index contributed by atoms with van der Waals surface area (Å²) in [6, 6.07) is 21.3. The van der Waals surface area contributed by atoms with Gasteiger partial charge in [-0.15, -0.1) is 0 Å². The van der Waals surface area contributed by atoms with Crippen molar-refractivity contribution in [2.45, 2.75) is 20.1 Å². The van der Waals surface area contributed by atoms with E-state index in [0.29, 0.717) is 17.7 Å². The molecule has 6 heteroatoms. The average Bonchev–Trinajstić information content (AvgIpc) is 2.72. The van der Waals surface area contributed by atoms with Crippen LogP contribution in [0.4, 0.5) is 11.4 Å². The smallest absolute Gasteiger partial charge is 0.338 e. The maximum atomic E-state index is 12.2. The summed E-state index contributed by atoms with van der Waals surface area (Å²) >= 11 is 0. The molecule has 0 aliphatic carbocycles. The number of esters is 1. The van der Waals surface area contributed by atoms with Crippen molar-refractivity contribution in [3.8, 4) is 0 Å². The zero-order valence-electron chi connectivity index (χ0n) is 15.4. The zero-order chi connectivity index (χ0) is 19.9. The number of nitro benzene ring substituents is 1. The lowest BCUT2D eigenvalue weighted by Gasteiger charge is -2.10. The van der Waals surface area contributed by atoms with E-state index >= 15 is 0 Å². The highest BCUT2D eigenvalue weighted by molar-refractivity contribution is 5.89. The first kappa shape index (κ1) is 19.1. The number of hydrogen-bond acceptors (Lipinski definition) is 5. The Morgan fingerprint density at radius 3 is 2.39 bits per heavy atom. The van der Waals surface area contributed by atoms with Gasteiger partial charge in [-0.1, -0.05) is 42.5 Å². The Morgan fingerprint density at radius 2 is 1.68 bits per heavy atom. The standard InChI is InChI=1S/C22H20N2O4/c1-16-6-2-4-8-20(16)23-14-17-10-12-18(13-11-17)22(25)28-15-19-7-3-5-9-21(19)24(26)27/h2-13,23H,14-15H2,1H3. The van der Waals surface area contributed by atoms with E-state index in [0.717, 1.165) is 16.8 Å². The molecule has 3 aromatic rings. The van der Waals surface area contributed by atoms with Crippen molar-refractivity contribution < 1.29 is 14.5 Å². The maximum absolute atomic E-state index is 12.2. The van der Waals surface area contributed by atoms with Crippen LogP contribution in [0.25, 0.3) is 0 Å². The van der Waals surface area contributed by atoms with Gasteiger partial charge in [-0.2, -0.15) is 0 Å². The highest BCUT2D eigenvalue weighted by Crippen LogP contribution is 2.19. The largest absolute Gasteiger partial charge is 0.457 e. The second-order valence-corrected chi connectivity index (χ2v) is 6.33. The molecule has 0 aromatic heterocycles. The second kappa shape index (κ2) is 8.81. The Kier molecular flexibility index (Phi) is 6.01. The van der Waals surface area contributed by atoms with Crippen LogP contribution in [0.3, 0.4) is 0 Å². The van der Waals surface area contributed by atoms with E-state index < -0.39 is 10.9 Å². The predicted octanol–water partition coefficient (Wildman–Crippen LogP) is 4.87. The number of nitrogens with zero attached hydrogens (tertiary/aromatic N) is 1. The van der Waals surface area contributed by atoms with Gasteiger partial charge in [0.2, 0.25) is 0 Å². The Bertz CT molecular complexity index is 984. The van der Waals surface area contributed by atoms with E-state index in [9.17, 15) is 14.9 Å². The summed E-state index contributed by atoms with van der Waals surface area (Å²) in [4.78, 5) is 22.8. The van der Waals surface area contributed by atoms with Crippen LogP contribution in [0.15, 0.2) is 72.8 Å². The molecule has 0 heterocycles. The normalized spacial score (nSPS) is 10.3. The van der Waals surface area contributed by atoms with Crippen molar-refractivity contribution in [1.29, 1.82) is 0 Å². The molecular formula is C22H20N2O4. The number of nitro groups is 1. The fourth-order valence-electron chi connectivity index (χ4n) is 2.76. The minimum absolute atomic E-state index is 0.0621. The van der Waals surface area contributed by atoms with Gasteiger partial charge >= 0.3 is 5.97 Å². The average molecular weight is 376 g/mol. The third-order valence-electron chi connectivity index (χ3n) is 4.36. The SMILES string of the molecule is Cc1ccccc1NCc1ccc(C(=O)OCc2ccccc2[N+](=O)[O-])cc1. The fraction of sp³-hybridized carbons (Fsp3) is 0.136. The monoisotopic (exact) mass is 376 g/mol. The van der Waals surface area contributed by atoms with E-state index in [1.807, 2.05) is 43.3 Å². The number of nitrogens with one attached hydrogen (secondary N) is 1. The van der Waals surface area contributed by atoms with E-state index in [2.05, 4.69) is 5.32 Å². The molecule has 1 N–H and O–H groups in total. The molecule has 3 aromatic carbocycles. The number of rotatable bonds is 7. The molecule has 0 spiro atoms. The molecule has 0 amide bonds. The van der Waals surface area contributed by atoms with Gasteiger partial charge in [0.25, 0.3) is 5.69 Å². The topological polar surface area (TPSA) is 81.5 Å². The summed E-state index contributed by atoms with van der Waals surface area (Å²) in [7, 11) is 0. The van der Waals surface area contributed by atoms with Crippen molar-refractivity contribution in [3.63, 3.8) is 0 Å². The Hall–Kier alpha value is -3.67. The first-order valence-corrected chi connectivity index (χ1v) is 8.82. The van der Waals surface area contributed by atoms with Crippen LogP contribution in [-0.4, -0.2) is 10.9 Å². The van der Waals surface area contributed by atoms with Crippen LogP contribution in [0.5, 0.6) is 0 Å². The molecule has 0 bridgehead atoms. The summed E-state index contributed by atoms with van der Waals surface area (Å²) in [5, 5.41) is 14.4. The summed E-state index contributed by atoms with van der Waals surface area (Å²) in [5.41, 5.74) is 3.96. The van der Waals surface area contributed by atoms with Gasteiger partial charge in [-0.3, -0.25) is 10.1 Å². The number of ether oxygens (including phenoxy) is 1. The summed E-state index contributed by atoms with van der Waals surface area (Å²) in [6.45, 7) is 2.53. The second-order valence-electron chi connectivity index (χ2n) is 6.33. The van der Waals surface area contributed by atoms with E-state index in [1.54, 1.807) is 30.3 Å². The lowest BCUT2D eigenvalue weighted by atomic mass is 10.1. The number of hydrogen-bond donors (Lipinski definition) is 1. The van der Waals surface area contributed by atoms with Crippen molar-refractivity contribution >= 4 is 17.3 Å². The molecule has 142 valence electrons. The summed E-state index contributed by atoms with van der Waals surface area (Å²) in [6.07, 6.45) is 0. The highest BCUT2D eigenvalue weighted by atomic mass is 16.6. The van der Waals surface area contributed by atoms with Crippen LogP contribution in [0.2, 0.25) is 0 Å². The zero-order valence-corrected chi connectivity index (χ0v) is 15.4. The van der Waals surface area contributed by atoms with Crippen molar-refractivity contribution in [1.82, 2.24) is 0 Å². The third-order valence-corrected chi connectivity index (χ3v) is 4.36. The van der Waals surface area contributed by atoms with Gasteiger partial charge in [0, 0.05) is 18.3 Å². The molecule has 0 saturated heterocycles. The minimum Gasteiger partial charge on any atom is -0.457 e. The van der Waals surface area contributed by atoms with E-state index in [1.165, 1.54) is 6.07 Å². The maximum Gasteiger partial charge on any atom is 0.338 e. The predicted molar refractivity (Wildman–Crippen MR) is 107 cm³/mol. The van der Waals surface area contributed by atoms with Gasteiger partial charge in [0.15, 0.2) is 0 Å². The first-order valence-electron chi connectivity index (χ1n) is 8.82. The number of carbonyl (C=O) groups excluding carboxylic acids is 1. The molecule has 0 radical (unpaired) electrons. The van der Waals surface area contributed by atoms with Crippen molar-refractivity contribution in [2.24, 2.45) is 0 Å². The van der Waals surface area contributed by atoms with Gasteiger partial charge in [0.1, 0.15) is 6.61 Å². The molecular weight excluding hydrogens is 356 g/mol. The van der Waals surface area contributed by atoms with Crippen LogP contribution in [0.1, 0.15) is 27.0 Å². The molecule has 6 nitrogen and oxygen atoms in total. The van der Waals surface area contributed by atoms with Gasteiger partial charge < -0.3 is 10.1 Å².